The number of aliphatic hydroxyl groups is 1. The second kappa shape index (κ2) is 15.5. The smallest absolute Gasteiger partial charge is 0.261 e. The van der Waals surface area contributed by atoms with E-state index in [9.17, 15) is 5.11 Å². The zero-order valence-electron chi connectivity index (χ0n) is 32.5. The number of allylic oxidation sites excluding steroid dienone is 1. The number of benzene rings is 3. The Labute approximate surface area is 313 Å². The highest BCUT2D eigenvalue weighted by molar-refractivity contribution is 6.99. The predicted octanol–water partition coefficient (Wildman–Crippen LogP) is 7.80. The molecule has 3 aromatic rings. The minimum absolute atomic E-state index is 0.0463. The van der Waals surface area contributed by atoms with Crippen molar-refractivity contribution in [3.8, 4) is 11.5 Å². The van der Waals surface area contributed by atoms with Gasteiger partial charge >= 0.3 is 0 Å². The van der Waals surface area contributed by atoms with Gasteiger partial charge in [0.05, 0.1) is 25.4 Å². The summed E-state index contributed by atoms with van der Waals surface area (Å²) in [6, 6.07) is 29.9. The number of hydrogen-bond acceptors (Lipinski definition) is 7. The summed E-state index contributed by atoms with van der Waals surface area (Å²) in [5, 5.41) is 15.5. The van der Waals surface area contributed by atoms with Crippen molar-refractivity contribution < 1.29 is 33.2 Å². The summed E-state index contributed by atoms with van der Waals surface area (Å²) in [5.41, 5.74) is -0.139. The SMILES string of the molecule is COc1ccc(OCOC[C@@H]2C[C@@]3(CCO[Si](c4ccccc4)(c4ccccc4)C(C)(C)C)C4=CCC[C@@H]([C@H]4O[C@H]3OC)[C@@]2(O)C[Si](C)(C)C)cc1. The highest BCUT2D eigenvalue weighted by Gasteiger charge is 2.65. The minimum atomic E-state index is -2.78. The maximum Gasteiger partial charge on any atom is 0.261 e. The lowest BCUT2D eigenvalue weighted by Crippen LogP contribution is -2.66. The molecule has 4 bridgehead atoms. The van der Waals surface area contributed by atoms with Gasteiger partial charge in [-0.2, -0.15) is 0 Å². The lowest BCUT2D eigenvalue weighted by molar-refractivity contribution is -0.216. The third-order valence-corrected chi connectivity index (χ3v) is 18.4. The second-order valence-electron chi connectivity index (χ2n) is 17.3. The molecule has 2 fully saturated rings. The number of methoxy groups -OCH3 is 2. The van der Waals surface area contributed by atoms with Gasteiger partial charge in [0, 0.05) is 39.0 Å². The molecule has 0 amide bonds. The standard InChI is InChI=1S/C43H60O7Si2/c1-41(2,3)52(35-16-11-9-12-17-35,36-18-13-10-14-19-36)49-27-26-42-28-32(29-47-31-48-34-24-22-33(45-4)23-25-34)43(44,30-51(6,7)8)38-21-15-20-37(42)39(38)50-40(42)46-5/h9-14,16-20,22-25,32,38-40,44H,15,21,26-31H2,1-8H3/t32-,38-,39-,40+,42-,43+/m0/s1. The van der Waals surface area contributed by atoms with Crippen molar-refractivity contribution in [1.82, 2.24) is 0 Å². The van der Waals surface area contributed by atoms with E-state index in [2.05, 4.69) is 107 Å². The summed E-state index contributed by atoms with van der Waals surface area (Å²) in [6.07, 6.45) is 4.93. The van der Waals surface area contributed by atoms with Gasteiger partial charge in [-0.15, -0.1) is 0 Å². The molecule has 1 N–H and O–H groups in total. The van der Waals surface area contributed by atoms with Gasteiger partial charge in [-0.1, -0.05) is 107 Å². The third kappa shape index (κ3) is 7.47. The molecule has 1 heterocycles. The van der Waals surface area contributed by atoms with Gasteiger partial charge in [0.15, 0.2) is 13.1 Å². The van der Waals surface area contributed by atoms with Crippen LogP contribution in [0.5, 0.6) is 11.5 Å². The van der Waals surface area contributed by atoms with Crippen LogP contribution in [0.15, 0.2) is 96.6 Å². The summed E-state index contributed by atoms with van der Waals surface area (Å²) in [4.78, 5) is 0. The summed E-state index contributed by atoms with van der Waals surface area (Å²) >= 11 is 0. The molecule has 6 atom stereocenters. The van der Waals surface area contributed by atoms with E-state index in [1.165, 1.54) is 15.9 Å². The molecule has 2 aliphatic carbocycles. The normalized spacial score (nSPS) is 27.5. The molecule has 1 saturated carbocycles. The number of hydrogen-bond donors (Lipinski definition) is 1. The molecule has 52 heavy (non-hydrogen) atoms. The zero-order valence-corrected chi connectivity index (χ0v) is 34.5. The van der Waals surface area contributed by atoms with E-state index in [1.54, 1.807) is 14.2 Å². The summed E-state index contributed by atoms with van der Waals surface area (Å²) < 4.78 is 38.4. The topological polar surface area (TPSA) is 75.6 Å². The lowest BCUT2D eigenvalue weighted by atomic mass is 9.70. The van der Waals surface area contributed by atoms with Crippen LogP contribution in [0.25, 0.3) is 0 Å². The number of rotatable bonds is 15. The molecule has 3 aliphatic rings. The Morgan fingerprint density at radius 2 is 1.48 bits per heavy atom. The third-order valence-electron chi connectivity index (χ3n) is 11.8. The first-order valence-electron chi connectivity index (χ1n) is 19.0. The van der Waals surface area contributed by atoms with Gasteiger partial charge < -0.3 is 33.2 Å². The van der Waals surface area contributed by atoms with Crippen molar-refractivity contribution in [3.05, 3.63) is 96.6 Å². The lowest BCUT2D eigenvalue weighted by Gasteiger charge is -2.48. The van der Waals surface area contributed by atoms with Gasteiger partial charge in [-0.3, -0.25) is 0 Å². The Kier molecular flexibility index (Phi) is 11.6. The van der Waals surface area contributed by atoms with Gasteiger partial charge in [0.2, 0.25) is 0 Å². The van der Waals surface area contributed by atoms with Crippen LogP contribution in [0, 0.1) is 17.3 Å². The Bertz CT molecular complexity index is 1600. The molecule has 0 aromatic heterocycles. The first kappa shape index (κ1) is 38.9. The fourth-order valence-electron chi connectivity index (χ4n) is 9.70. The van der Waals surface area contributed by atoms with Crippen LogP contribution in [-0.4, -0.2) is 73.7 Å². The largest absolute Gasteiger partial charge is 0.497 e. The molecule has 6 rings (SSSR count). The van der Waals surface area contributed by atoms with Crippen LogP contribution in [0.2, 0.25) is 30.7 Å². The molecule has 9 heteroatoms. The number of ether oxygens (including phenoxy) is 5. The minimum Gasteiger partial charge on any atom is -0.497 e. The summed E-state index contributed by atoms with van der Waals surface area (Å²) in [6.45, 7) is 15.0. The van der Waals surface area contributed by atoms with E-state index in [-0.39, 0.29) is 29.8 Å². The maximum atomic E-state index is 13.1. The van der Waals surface area contributed by atoms with Crippen molar-refractivity contribution in [3.63, 3.8) is 0 Å². The van der Waals surface area contributed by atoms with Crippen molar-refractivity contribution in [1.29, 1.82) is 0 Å². The fourth-order valence-corrected chi connectivity index (χ4v) is 16.5. The summed E-state index contributed by atoms with van der Waals surface area (Å²) in [7, 11) is -1.11. The maximum absolute atomic E-state index is 13.1. The van der Waals surface area contributed by atoms with Crippen LogP contribution in [0.4, 0.5) is 0 Å². The van der Waals surface area contributed by atoms with Crippen LogP contribution in [0.1, 0.15) is 46.5 Å². The van der Waals surface area contributed by atoms with Gasteiger partial charge in [-0.05, 0) is 77.0 Å². The second-order valence-corrected chi connectivity index (χ2v) is 27.1. The molecule has 282 valence electrons. The Morgan fingerprint density at radius 3 is 2.04 bits per heavy atom. The first-order chi connectivity index (χ1) is 24.8. The molecule has 7 nitrogen and oxygen atoms in total. The van der Waals surface area contributed by atoms with Gasteiger partial charge in [0.1, 0.15) is 11.5 Å². The molecule has 1 aliphatic heterocycles. The van der Waals surface area contributed by atoms with Crippen LogP contribution in [-0.2, 0) is 18.6 Å². The fraction of sp³-hybridized carbons (Fsp3) is 0.535. The van der Waals surface area contributed by atoms with Crippen LogP contribution >= 0.6 is 0 Å². The van der Waals surface area contributed by atoms with E-state index in [1.807, 2.05) is 24.3 Å². The molecular weight excluding hydrogens is 685 g/mol. The first-order valence-corrected chi connectivity index (χ1v) is 24.6. The molecular formula is C43H60O7Si2. The molecule has 1 saturated heterocycles. The van der Waals surface area contributed by atoms with E-state index in [0.717, 1.165) is 24.6 Å². The molecule has 0 spiro atoms. The van der Waals surface area contributed by atoms with E-state index in [0.29, 0.717) is 31.8 Å². The molecule has 3 aromatic carbocycles. The van der Waals surface area contributed by atoms with E-state index < -0.39 is 33.7 Å². The van der Waals surface area contributed by atoms with Crippen LogP contribution in [0.3, 0.4) is 0 Å². The van der Waals surface area contributed by atoms with E-state index >= 15 is 0 Å². The Morgan fingerprint density at radius 1 is 0.865 bits per heavy atom. The van der Waals surface area contributed by atoms with Crippen molar-refractivity contribution >= 4 is 26.8 Å². The average Bonchev–Trinajstić information content (AvgIpc) is 3.42. The van der Waals surface area contributed by atoms with Gasteiger partial charge in [0.25, 0.3) is 8.32 Å². The predicted molar refractivity (Wildman–Crippen MR) is 213 cm³/mol. The van der Waals surface area contributed by atoms with Crippen molar-refractivity contribution in [2.24, 2.45) is 17.3 Å². The zero-order chi connectivity index (χ0) is 37.2. The van der Waals surface area contributed by atoms with Crippen molar-refractivity contribution in [2.75, 3.05) is 34.2 Å². The highest BCUT2D eigenvalue weighted by atomic mass is 28.4. The highest BCUT2D eigenvalue weighted by Crippen LogP contribution is 2.62. The quantitative estimate of drug-likeness (QED) is 0.0737. The molecule has 0 unspecified atom stereocenters. The monoisotopic (exact) mass is 744 g/mol. The van der Waals surface area contributed by atoms with Gasteiger partial charge in [-0.25, -0.2) is 0 Å². The van der Waals surface area contributed by atoms with Crippen LogP contribution < -0.4 is 19.8 Å². The Hall–Kier alpha value is -2.77. The average molecular weight is 745 g/mol. The summed E-state index contributed by atoms with van der Waals surface area (Å²) in [5.74, 6) is 1.29. The van der Waals surface area contributed by atoms with E-state index in [4.69, 9.17) is 28.1 Å². The Balaban J connectivity index is 1.33. The molecule has 0 radical (unpaired) electrons. The van der Waals surface area contributed by atoms with Crippen molar-refractivity contribution in [2.45, 2.75) is 95.2 Å².